The molecule has 2 aliphatic rings. The normalized spacial score (nSPS) is 17.1. The number of hydrogen-bond acceptors (Lipinski definition) is 4. The monoisotopic (exact) mass is 481 g/mol. The molecule has 3 heterocycles. The highest BCUT2D eigenvalue weighted by Gasteiger charge is 2.38. The maximum Gasteiger partial charge on any atom is 0.490 e. The Labute approximate surface area is 188 Å². The van der Waals surface area contributed by atoms with E-state index in [2.05, 4.69) is 16.0 Å². The number of nitrogens with zero attached hydrogens (tertiary/aromatic N) is 2. The molecule has 0 atom stereocenters. The largest absolute Gasteiger partial charge is 0.490 e. The van der Waals surface area contributed by atoms with Gasteiger partial charge in [-0.1, -0.05) is 12.1 Å². The van der Waals surface area contributed by atoms with Gasteiger partial charge in [-0.25, -0.2) is 18.2 Å². The van der Waals surface area contributed by atoms with Crippen LogP contribution >= 0.6 is 0 Å². The van der Waals surface area contributed by atoms with Crippen LogP contribution in [0.25, 0.3) is 22.2 Å². The van der Waals surface area contributed by atoms with Gasteiger partial charge in [0.25, 0.3) is 0 Å². The van der Waals surface area contributed by atoms with Gasteiger partial charge < -0.3 is 10.1 Å². The van der Waals surface area contributed by atoms with Gasteiger partial charge in [-0.2, -0.15) is 17.5 Å². The summed E-state index contributed by atoms with van der Waals surface area (Å²) in [5.41, 5.74) is 4.26. The fourth-order valence-electron chi connectivity index (χ4n) is 3.80. The zero-order chi connectivity index (χ0) is 23.8. The lowest BCUT2D eigenvalue weighted by atomic mass is 10.0. The van der Waals surface area contributed by atoms with E-state index in [4.69, 9.17) is 9.90 Å². The van der Waals surface area contributed by atoms with Gasteiger partial charge in [-0.3, -0.25) is 0 Å². The molecule has 176 valence electrons. The molecule has 0 radical (unpaired) electrons. The lowest BCUT2D eigenvalue weighted by Crippen LogP contribution is -2.27. The number of fused-ring (bicyclic) bond motifs is 1. The van der Waals surface area contributed by atoms with Gasteiger partial charge in [-0.15, -0.1) is 0 Å². The maximum atomic E-state index is 12.7. The van der Waals surface area contributed by atoms with Crippen molar-refractivity contribution in [1.82, 2.24) is 14.3 Å². The second kappa shape index (κ2) is 8.79. The molecule has 0 unspecified atom stereocenters. The fourth-order valence-corrected chi connectivity index (χ4v) is 5.31. The minimum Gasteiger partial charge on any atom is -0.475 e. The summed E-state index contributed by atoms with van der Waals surface area (Å²) in [6.07, 6.45) is 1.10. The smallest absolute Gasteiger partial charge is 0.475 e. The first kappa shape index (κ1) is 23.2. The molecule has 2 N–H and O–H groups in total. The number of pyridine rings is 1. The van der Waals surface area contributed by atoms with Gasteiger partial charge in [0.1, 0.15) is 5.65 Å². The summed E-state index contributed by atoms with van der Waals surface area (Å²) in [6.45, 7) is 1.25. The van der Waals surface area contributed by atoms with E-state index < -0.39 is 22.2 Å². The van der Waals surface area contributed by atoms with Gasteiger partial charge >= 0.3 is 12.1 Å². The standard InChI is InChI=1S/C20H21N3O2S.C2HF3O2/c24-26(25,23-11-1-2-12-23)16-7-5-14(6-8-16)17-9-10-21-20-18(17)13-19(22-20)15-3-4-15;3-2(4,5)1(6)7/h5-10,13,15H,1-4,11-12H2,(H,21,22);(H,6,7). The van der Waals surface area contributed by atoms with E-state index in [9.17, 15) is 21.6 Å². The average molecular weight is 481 g/mol. The summed E-state index contributed by atoms with van der Waals surface area (Å²) in [6, 6.07) is 11.5. The van der Waals surface area contributed by atoms with Crippen LogP contribution < -0.4 is 0 Å². The Kier molecular flexibility index (Phi) is 6.19. The fraction of sp³-hybridized carbons (Fsp3) is 0.364. The number of halogens is 3. The first-order valence-corrected chi connectivity index (χ1v) is 11.9. The Bertz CT molecular complexity index is 1260. The number of aromatic amines is 1. The van der Waals surface area contributed by atoms with Gasteiger partial charge in [0.15, 0.2) is 0 Å². The summed E-state index contributed by atoms with van der Waals surface area (Å²) in [5.74, 6) is -2.11. The number of carboxylic acids is 1. The van der Waals surface area contributed by atoms with E-state index in [1.807, 2.05) is 18.2 Å². The van der Waals surface area contributed by atoms with Crippen molar-refractivity contribution in [1.29, 1.82) is 0 Å². The summed E-state index contributed by atoms with van der Waals surface area (Å²) < 4.78 is 58.7. The van der Waals surface area contributed by atoms with Crippen LogP contribution in [0, 0.1) is 0 Å². The second-order valence-corrected chi connectivity index (χ2v) is 10.00. The second-order valence-electron chi connectivity index (χ2n) is 8.06. The van der Waals surface area contributed by atoms with Crippen LogP contribution in [-0.2, 0) is 14.8 Å². The Morgan fingerprint density at radius 3 is 2.24 bits per heavy atom. The number of H-pyrrole nitrogens is 1. The van der Waals surface area contributed by atoms with Crippen LogP contribution in [0.15, 0.2) is 47.5 Å². The van der Waals surface area contributed by atoms with Gasteiger partial charge in [0, 0.05) is 30.4 Å². The third kappa shape index (κ3) is 5.03. The molecule has 3 aromatic rings. The predicted octanol–water partition coefficient (Wildman–Crippen LogP) is 4.53. The first-order valence-electron chi connectivity index (χ1n) is 10.5. The number of rotatable bonds is 4. The molecule has 7 nitrogen and oxygen atoms in total. The third-order valence-electron chi connectivity index (χ3n) is 5.68. The lowest BCUT2D eigenvalue weighted by Gasteiger charge is -2.15. The molecular formula is C22H22F3N3O4S. The predicted molar refractivity (Wildman–Crippen MR) is 115 cm³/mol. The van der Waals surface area contributed by atoms with Crippen LogP contribution in [0.5, 0.6) is 0 Å². The molecule has 11 heteroatoms. The van der Waals surface area contributed by atoms with Crippen LogP contribution in [0.1, 0.15) is 37.3 Å². The molecule has 2 fully saturated rings. The average Bonchev–Trinajstić information content (AvgIpc) is 3.28. The molecule has 0 spiro atoms. The number of hydrogen-bond donors (Lipinski definition) is 2. The van der Waals surface area contributed by atoms with Crippen LogP contribution in [0.4, 0.5) is 13.2 Å². The minimum absolute atomic E-state index is 0.376. The topological polar surface area (TPSA) is 103 Å². The number of alkyl halides is 3. The molecule has 5 rings (SSSR count). The van der Waals surface area contributed by atoms with E-state index in [0.29, 0.717) is 23.9 Å². The van der Waals surface area contributed by atoms with E-state index in [1.54, 1.807) is 22.6 Å². The third-order valence-corrected chi connectivity index (χ3v) is 7.59. The number of sulfonamides is 1. The van der Waals surface area contributed by atoms with Crippen LogP contribution in [-0.4, -0.2) is 53.0 Å². The molecule has 1 aromatic carbocycles. The highest BCUT2D eigenvalue weighted by Crippen LogP contribution is 2.41. The Hall–Kier alpha value is -2.92. The van der Waals surface area contributed by atoms with Crippen molar-refractivity contribution in [3.05, 3.63) is 48.3 Å². The molecular weight excluding hydrogens is 459 g/mol. The van der Waals surface area contributed by atoms with Crippen molar-refractivity contribution >= 4 is 27.0 Å². The van der Waals surface area contributed by atoms with Gasteiger partial charge in [0.05, 0.1) is 4.90 Å². The summed E-state index contributed by atoms with van der Waals surface area (Å²) >= 11 is 0. The van der Waals surface area contributed by atoms with Crippen molar-refractivity contribution in [2.75, 3.05) is 13.1 Å². The highest BCUT2D eigenvalue weighted by atomic mass is 32.2. The Balaban J connectivity index is 0.000000325. The molecule has 2 aromatic heterocycles. The van der Waals surface area contributed by atoms with Crippen molar-refractivity contribution in [2.45, 2.75) is 42.7 Å². The molecule has 0 amide bonds. The van der Waals surface area contributed by atoms with Crippen LogP contribution in [0.3, 0.4) is 0 Å². The summed E-state index contributed by atoms with van der Waals surface area (Å²) in [7, 11) is -3.36. The number of carboxylic acid groups (broad SMARTS) is 1. The molecule has 1 aliphatic carbocycles. The lowest BCUT2D eigenvalue weighted by molar-refractivity contribution is -0.192. The zero-order valence-electron chi connectivity index (χ0n) is 17.5. The summed E-state index contributed by atoms with van der Waals surface area (Å²) in [4.78, 5) is 17.1. The van der Waals surface area contributed by atoms with E-state index >= 15 is 0 Å². The Morgan fingerprint density at radius 1 is 1.09 bits per heavy atom. The molecule has 1 aliphatic heterocycles. The van der Waals surface area contributed by atoms with Crippen LogP contribution in [0.2, 0.25) is 0 Å². The molecule has 33 heavy (non-hydrogen) atoms. The SMILES string of the molecule is O=C(O)C(F)(F)F.O=S(=O)(c1ccc(-c2ccnc3[nH]c(C4CC4)cc23)cc1)N1CCCC1. The number of aromatic nitrogens is 2. The first-order chi connectivity index (χ1) is 15.6. The molecule has 1 saturated heterocycles. The summed E-state index contributed by atoms with van der Waals surface area (Å²) in [5, 5.41) is 8.23. The maximum absolute atomic E-state index is 12.7. The van der Waals surface area contributed by atoms with Crippen molar-refractivity contribution in [2.24, 2.45) is 0 Å². The molecule has 0 bridgehead atoms. The number of aliphatic carboxylic acids is 1. The van der Waals surface area contributed by atoms with Gasteiger partial charge in [0.2, 0.25) is 10.0 Å². The highest BCUT2D eigenvalue weighted by molar-refractivity contribution is 7.89. The van der Waals surface area contributed by atoms with E-state index in [-0.39, 0.29) is 0 Å². The van der Waals surface area contributed by atoms with Crippen molar-refractivity contribution in [3.8, 4) is 11.1 Å². The number of carbonyl (C=O) groups is 1. The van der Waals surface area contributed by atoms with Gasteiger partial charge in [-0.05, 0) is 67.0 Å². The van der Waals surface area contributed by atoms with E-state index in [0.717, 1.165) is 35.0 Å². The molecule has 1 saturated carbocycles. The van der Waals surface area contributed by atoms with Crippen molar-refractivity contribution < 1.29 is 31.5 Å². The van der Waals surface area contributed by atoms with E-state index in [1.165, 1.54) is 18.5 Å². The number of benzene rings is 1. The number of nitrogens with one attached hydrogen (secondary N) is 1. The Morgan fingerprint density at radius 2 is 1.70 bits per heavy atom. The minimum atomic E-state index is -5.08. The zero-order valence-corrected chi connectivity index (χ0v) is 18.3. The van der Waals surface area contributed by atoms with Crippen molar-refractivity contribution in [3.63, 3.8) is 0 Å². The quantitative estimate of drug-likeness (QED) is 0.570.